The third-order valence-corrected chi connectivity index (χ3v) is 4.46. The molecule has 0 radical (unpaired) electrons. The minimum absolute atomic E-state index is 0. The number of H-pyrrole nitrogens is 1. The average Bonchev–Trinajstić information content (AvgIpc) is 2.94. The molecule has 3 heterocycles. The van der Waals surface area contributed by atoms with Crippen LogP contribution in [0.5, 0.6) is 0 Å². The number of nitrogens with zero attached hydrogens (tertiary/aromatic N) is 3. The molecule has 3 rings (SSSR count). The maximum Gasteiger partial charge on any atom is 0.118 e. The Morgan fingerprint density at radius 1 is 1.45 bits per heavy atom. The Kier molecular flexibility index (Phi) is 5.06. The van der Waals surface area contributed by atoms with Crippen LogP contribution in [0.15, 0.2) is 6.33 Å². The number of imidazole rings is 1. The van der Waals surface area contributed by atoms with Gasteiger partial charge in [0.15, 0.2) is 0 Å². The van der Waals surface area contributed by atoms with E-state index in [4.69, 9.17) is 17.0 Å². The maximum absolute atomic E-state index is 6.14. The largest absolute Gasteiger partial charge is 0.410 e. The Morgan fingerprint density at radius 3 is 2.85 bits per heavy atom. The van der Waals surface area contributed by atoms with E-state index < -0.39 is 0 Å². The van der Waals surface area contributed by atoms with Crippen LogP contribution >= 0.6 is 12.2 Å². The number of aromatic amines is 1. The van der Waals surface area contributed by atoms with Gasteiger partial charge in [0, 0.05) is 43.4 Å². The molecule has 0 aromatic carbocycles. The minimum atomic E-state index is -0.0435. The first kappa shape index (κ1) is 16.2. The van der Waals surface area contributed by atoms with Gasteiger partial charge in [-0.15, -0.1) is 0 Å². The van der Waals surface area contributed by atoms with Crippen LogP contribution in [0, 0.1) is 53.9 Å². The second-order valence-corrected chi connectivity index (χ2v) is 5.56. The second kappa shape index (κ2) is 6.27. The first-order chi connectivity index (χ1) is 9.13. The molecule has 1 saturated heterocycles. The number of rotatable bonds is 2. The smallest absolute Gasteiger partial charge is 0.118 e. The third-order valence-electron chi connectivity index (χ3n) is 4.16. The molecule has 1 fully saturated rings. The van der Waals surface area contributed by atoms with Gasteiger partial charge in [-0.25, -0.2) is 4.98 Å². The molecular formula is C13H17N4OSU-. The number of ether oxygens (including phenoxy) is 1. The second-order valence-electron chi connectivity index (χ2n) is 5.18. The molecule has 0 spiro atoms. The van der Waals surface area contributed by atoms with Crippen molar-refractivity contribution in [3.63, 3.8) is 0 Å². The van der Waals surface area contributed by atoms with Crippen molar-refractivity contribution in [2.45, 2.75) is 39.5 Å². The predicted octanol–water partition coefficient (Wildman–Crippen LogP) is 2.87. The van der Waals surface area contributed by atoms with Crippen LogP contribution in [-0.4, -0.2) is 25.6 Å². The van der Waals surface area contributed by atoms with Crippen molar-refractivity contribution in [3.8, 4) is 0 Å². The molecule has 0 bridgehead atoms. The third kappa shape index (κ3) is 2.50. The summed E-state index contributed by atoms with van der Waals surface area (Å²) in [7, 11) is 0. The Balaban J connectivity index is 0.00000147. The zero-order valence-corrected chi connectivity index (χ0v) is 16.7. The first-order valence-electron chi connectivity index (χ1n) is 6.62. The fraction of sp³-hybridized carbons (Fsp3) is 0.615. The summed E-state index contributed by atoms with van der Waals surface area (Å²) < 4.78 is 8.56. The van der Waals surface area contributed by atoms with Crippen molar-refractivity contribution < 1.29 is 35.9 Å². The summed E-state index contributed by atoms with van der Waals surface area (Å²) >= 11 is 5.17. The molecule has 106 valence electrons. The Bertz CT molecular complexity index is 655. The van der Waals surface area contributed by atoms with Crippen molar-refractivity contribution in [2.24, 2.45) is 11.8 Å². The van der Waals surface area contributed by atoms with Crippen LogP contribution < -0.4 is 0 Å². The molecule has 0 amide bonds. The van der Waals surface area contributed by atoms with Crippen molar-refractivity contribution in [1.29, 1.82) is 0 Å². The number of aromatic nitrogens is 4. The van der Waals surface area contributed by atoms with Gasteiger partial charge in [-0.1, -0.05) is 33.0 Å². The van der Waals surface area contributed by atoms with Gasteiger partial charge in [0.05, 0.1) is 17.1 Å². The maximum atomic E-state index is 6.14. The molecule has 2 aromatic rings. The molecule has 7 heteroatoms. The van der Waals surface area contributed by atoms with Gasteiger partial charge in [-0.3, -0.25) is 0 Å². The SMILES string of the molecule is CC[C@H]1O[C@@H](n2[c-]nc3c(=S)nc[nH]c32)C(C)[C@@H]1C.[U]. The van der Waals surface area contributed by atoms with E-state index in [1.54, 1.807) is 6.33 Å². The van der Waals surface area contributed by atoms with E-state index in [0.717, 1.165) is 12.1 Å². The molecule has 1 aliphatic heterocycles. The average molecular weight is 515 g/mol. The Labute approximate surface area is 146 Å². The van der Waals surface area contributed by atoms with Crippen LogP contribution in [0.25, 0.3) is 11.2 Å². The van der Waals surface area contributed by atoms with Crippen LogP contribution in [0.1, 0.15) is 33.4 Å². The standard InChI is InChI=1S/C13H17N4OS.U/c1-4-9-7(2)8(3)13(18-9)17-6-16-10-11(17)14-5-15-12(10)19;/h5,7-9,13H,4H2,1-3H3,(H,14,15,19);/q-1;/t7-,8?,9+,13+;/m0./s1. The molecule has 1 unspecified atom stereocenters. The predicted molar refractivity (Wildman–Crippen MR) is 74.1 cm³/mol. The van der Waals surface area contributed by atoms with E-state index in [1.165, 1.54) is 0 Å². The van der Waals surface area contributed by atoms with Crippen molar-refractivity contribution in [2.75, 3.05) is 0 Å². The van der Waals surface area contributed by atoms with Gasteiger partial charge in [0.2, 0.25) is 0 Å². The van der Waals surface area contributed by atoms with Crippen molar-refractivity contribution >= 4 is 23.4 Å². The molecule has 0 aliphatic carbocycles. The molecule has 0 saturated carbocycles. The Hall–Kier alpha value is -0.218. The van der Waals surface area contributed by atoms with Gasteiger partial charge < -0.3 is 19.3 Å². The molecule has 2 aromatic heterocycles. The van der Waals surface area contributed by atoms with E-state index in [-0.39, 0.29) is 43.4 Å². The van der Waals surface area contributed by atoms with E-state index in [9.17, 15) is 0 Å². The fourth-order valence-corrected chi connectivity index (χ4v) is 2.99. The summed E-state index contributed by atoms with van der Waals surface area (Å²) in [6.45, 7) is 6.60. The monoisotopic (exact) mass is 515 g/mol. The van der Waals surface area contributed by atoms with Crippen molar-refractivity contribution in [1.82, 2.24) is 19.5 Å². The molecule has 1 N–H and O–H groups in total. The first-order valence-corrected chi connectivity index (χ1v) is 7.03. The summed E-state index contributed by atoms with van der Waals surface area (Å²) in [5, 5.41) is 0. The fourth-order valence-electron chi connectivity index (χ4n) is 2.79. The van der Waals surface area contributed by atoms with Crippen LogP contribution in [0.3, 0.4) is 0 Å². The summed E-state index contributed by atoms with van der Waals surface area (Å²) in [4.78, 5) is 11.4. The van der Waals surface area contributed by atoms with Gasteiger partial charge in [0.1, 0.15) is 6.23 Å². The van der Waals surface area contributed by atoms with E-state index in [0.29, 0.717) is 22.0 Å². The summed E-state index contributed by atoms with van der Waals surface area (Å²) in [5.41, 5.74) is 1.52. The summed E-state index contributed by atoms with van der Waals surface area (Å²) in [6.07, 6.45) is 5.85. The summed E-state index contributed by atoms with van der Waals surface area (Å²) in [6, 6.07) is 0. The molecular weight excluding hydrogens is 498 g/mol. The summed E-state index contributed by atoms with van der Waals surface area (Å²) in [5.74, 6) is 0.930. The van der Waals surface area contributed by atoms with E-state index in [1.807, 2.05) is 4.57 Å². The van der Waals surface area contributed by atoms with E-state index in [2.05, 4.69) is 42.1 Å². The van der Waals surface area contributed by atoms with Gasteiger partial charge >= 0.3 is 0 Å². The topological polar surface area (TPSA) is 55.7 Å². The molecule has 5 nitrogen and oxygen atoms in total. The zero-order valence-electron chi connectivity index (χ0n) is 11.8. The van der Waals surface area contributed by atoms with Crippen molar-refractivity contribution in [3.05, 3.63) is 17.3 Å². The number of nitrogens with one attached hydrogen (secondary N) is 1. The minimum Gasteiger partial charge on any atom is -0.410 e. The van der Waals surface area contributed by atoms with Gasteiger partial charge in [-0.2, -0.15) is 0 Å². The normalized spacial score (nSPS) is 29.6. The van der Waals surface area contributed by atoms with Gasteiger partial charge in [-0.05, 0) is 23.5 Å². The van der Waals surface area contributed by atoms with E-state index >= 15 is 0 Å². The quantitative estimate of drug-likeness (QED) is 0.494. The molecule has 4 atom stereocenters. The molecule has 20 heavy (non-hydrogen) atoms. The van der Waals surface area contributed by atoms with Crippen LogP contribution in [0.2, 0.25) is 0 Å². The Morgan fingerprint density at radius 2 is 2.20 bits per heavy atom. The van der Waals surface area contributed by atoms with Crippen LogP contribution in [-0.2, 0) is 4.74 Å². The number of fused-ring (bicyclic) bond motifs is 1. The zero-order chi connectivity index (χ0) is 13.6. The van der Waals surface area contributed by atoms with Gasteiger partial charge in [0.25, 0.3) is 0 Å². The number of hydrogen-bond acceptors (Lipinski definition) is 4. The number of hydrogen-bond donors (Lipinski definition) is 1. The molecule has 1 aliphatic rings. The van der Waals surface area contributed by atoms with Crippen LogP contribution in [0.4, 0.5) is 0 Å².